The van der Waals surface area contributed by atoms with Crippen molar-refractivity contribution in [3.8, 4) is 17.6 Å². The van der Waals surface area contributed by atoms with Gasteiger partial charge < -0.3 is 15.2 Å². The Hall–Kier alpha value is -2.78. The molecule has 26 heavy (non-hydrogen) atoms. The van der Waals surface area contributed by atoms with Crippen molar-refractivity contribution >= 4 is 27.9 Å². The maximum absolute atomic E-state index is 12.2. The lowest BCUT2D eigenvalue weighted by atomic mass is 10.1. The zero-order valence-electron chi connectivity index (χ0n) is 14.3. The van der Waals surface area contributed by atoms with E-state index in [0.29, 0.717) is 29.6 Å². The first-order chi connectivity index (χ1) is 12.5. The van der Waals surface area contributed by atoms with E-state index in [1.54, 1.807) is 19.1 Å². The molecule has 0 fully saturated rings. The summed E-state index contributed by atoms with van der Waals surface area (Å²) in [4.78, 5) is 12.2. The van der Waals surface area contributed by atoms with E-state index in [1.807, 2.05) is 36.4 Å². The summed E-state index contributed by atoms with van der Waals surface area (Å²) >= 11 is 3.24. The van der Waals surface area contributed by atoms with Crippen LogP contribution in [0.2, 0.25) is 0 Å². The molecule has 0 bridgehead atoms. The molecule has 0 radical (unpaired) electrons. The molecule has 134 valence electrons. The van der Waals surface area contributed by atoms with Gasteiger partial charge in [0.25, 0.3) is 5.91 Å². The van der Waals surface area contributed by atoms with Gasteiger partial charge in [0.1, 0.15) is 11.6 Å². The number of ether oxygens (including phenoxy) is 1. The van der Waals surface area contributed by atoms with E-state index in [4.69, 9.17) is 4.74 Å². The highest BCUT2D eigenvalue weighted by Crippen LogP contribution is 2.36. The van der Waals surface area contributed by atoms with Crippen LogP contribution in [0.15, 0.2) is 52.5 Å². The third kappa shape index (κ3) is 5.36. The number of carbonyl (C=O) groups is 1. The van der Waals surface area contributed by atoms with Crippen molar-refractivity contribution < 1.29 is 14.6 Å². The summed E-state index contributed by atoms with van der Waals surface area (Å²) in [5.41, 5.74) is 1.67. The standard InChI is InChI=1S/C20H19BrN2O3/c1-2-26-18-12-15(11-17(21)19(18)24)10-16(13-22)20(25)23-9-8-14-6-4-3-5-7-14/h3-7,10-12,24H,2,8-9H2,1H3,(H,23,25)/b16-10-. The minimum Gasteiger partial charge on any atom is -0.503 e. The summed E-state index contributed by atoms with van der Waals surface area (Å²) < 4.78 is 5.78. The number of amides is 1. The Labute approximate surface area is 161 Å². The first-order valence-corrected chi connectivity index (χ1v) is 8.93. The van der Waals surface area contributed by atoms with Crippen molar-refractivity contribution in [1.82, 2.24) is 5.32 Å². The quantitative estimate of drug-likeness (QED) is 0.532. The number of aromatic hydroxyl groups is 1. The van der Waals surface area contributed by atoms with Gasteiger partial charge in [0.05, 0.1) is 11.1 Å². The summed E-state index contributed by atoms with van der Waals surface area (Å²) in [7, 11) is 0. The maximum atomic E-state index is 12.2. The van der Waals surface area contributed by atoms with Crippen molar-refractivity contribution in [1.29, 1.82) is 5.26 Å². The Bertz CT molecular complexity index is 842. The van der Waals surface area contributed by atoms with Crippen LogP contribution in [-0.2, 0) is 11.2 Å². The van der Waals surface area contributed by atoms with Crippen molar-refractivity contribution in [2.24, 2.45) is 0 Å². The van der Waals surface area contributed by atoms with Gasteiger partial charge >= 0.3 is 0 Å². The first-order valence-electron chi connectivity index (χ1n) is 8.14. The molecule has 1 amide bonds. The Balaban J connectivity index is 2.09. The maximum Gasteiger partial charge on any atom is 0.261 e. The first kappa shape index (κ1) is 19.5. The van der Waals surface area contributed by atoms with Crippen LogP contribution in [0.3, 0.4) is 0 Å². The SMILES string of the molecule is CCOc1cc(/C=C(/C#N)C(=O)NCCc2ccccc2)cc(Br)c1O. The second kappa shape index (κ2) is 9.64. The highest BCUT2D eigenvalue weighted by atomic mass is 79.9. The van der Waals surface area contributed by atoms with E-state index < -0.39 is 5.91 Å². The van der Waals surface area contributed by atoms with E-state index in [2.05, 4.69) is 21.2 Å². The van der Waals surface area contributed by atoms with E-state index in [1.165, 1.54) is 6.08 Å². The number of nitriles is 1. The van der Waals surface area contributed by atoms with Crippen LogP contribution in [0.5, 0.6) is 11.5 Å². The molecule has 0 aliphatic carbocycles. The fourth-order valence-corrected chi connectivity index (χ4v) is 2.78. The van der Waals surface area contributed by atoms with Gasteiger partial charge in [-0.15, -0.1) is 0 Å². The molecule has 2 N–H and O–H groups in total. The van der Waals surface area contributed by atoms with Gasteiger partial charge in [0, 0.05) is 6.54 Å². The van der Waals surface area contributed by atoms with Gasteiger partial charge in [-0.3, -0.25) is 4.79 Å². The number of rotatable bonds is 7. The van der Waals surface area contributed by atoms with Gasteiger partial charge in [-0.2, -0.15) is 5.26 Å². The number of hydrogen-bond donors (Lipinski definition) is 2. The predicted molar refractivity (Wildman–Crippen MR) is 104 cm³/mol. The minimum absolute atomic E-state index is 0.0156. The molecule has 0 spiro atoms. The highest BCUT2D eigenvalue weighted by molar-refractivity contribution is 9.10. The molecule has 0 unspecified atom stereocenters. The topological polar surface area (TPSA) is 82.3 Å². The molecule has 2 aromatic rings. The summed E-state index contributed by atoms with van der Waals surface area (Å²) in [6, 6.07) is 14.9. The molecule has 6 heteroatoms. The van der Waals surface area contributed by atoms with E-state index in [9.17, 15) is 15.2 Å². The van der Waals surface area contributed by atoms with Crippen LogP contribution in [0.25, 0.3) is 6.08 Å². The van der Waals surface area contributed by atoms with Crippen LogP contribution < -0.4 is 10.1 Å². The van der Waals surface area contributed by atoms with Crippen LogP contribution in [0.1, 0.15) is 18.1 Å². The molecule has 0 aliphatic heterocycles. The Morgan fingerprint density at radius 1 is 1.35 bits per heavy atom. The number of carbonyl (C=O) groups excluding carboxylic acids is 1. The molecule has 0 atom stereocenters. The van der Waals surface area contributed by atoms with Crippen LogP contribution in [0, 0.1) is 11.3 Å². The molecule has 0 aromatic heterocycles. The number of hydrogen-bond acceptors (Lipinski definition) is 4. The predicted octanol–water partition coefficient (Wildman–Crippen LogP) is 3.82. The molecular formula is C20H19BrN2O3. The average molecular weight is 415 g/mol. The second-order valence-electron chi connectivity index (χ2n) is 5.44. The molecule has 0 saturated heterocycles. The third-order valence-electron chi connectivity index (χ3n) is 3.57. The van der Waals surface area contributed by atoms with E-state index in [0.717, 1.165) is 5.56 Å². The number of nitrogens with zero attached hydrogens (tertiary/aromatic N) is 1. The summed E-state index contributed by atoms with van der Waals surface area (Å²) in [6.07, 6.45) is 2.15. The lowest BCUT2D eigenvalue weighted by Gasteiger charge is -2.09. The Kier molecular flexibility index (Phi) is 7.24. The number of phenolic OH excluding ortho intramolecular Hbond substituents is 1. The molecule has 2 rings (SSSR count). The number of nitrogens with one attached hydrogen (secondary N) is 1. The molecular weight excluding hydrogens is 396 g/mol. The largest absolute Gasteiger partial charge is 0.503 e. The summed E-state index contributed by atoms with van der Waals surface area (Å²) in [5.74, 6) is -0.171. The van der Waals surface area contributed by atoms with Gasteiger partial charge in [-0.05, 0) is 58.6 Å². The van der Waals surface area contributed by atoms with E-state index in [-0.39, 0.29) is 17.1 Å². The zero-order valence-corrected chi connectivity index (χ0v) is 15.9. The van der Waals surface area contributed by atoms with Gasteiger partial charge in [-0.25, -0.2) is 0 Å². The third-order valence-corrected chi connectivity index (χ3v) is 4.17. The molecule has 2 aromatic carbocycles. The molecule has 0 aliphatic rings. The monoisotopic (exact) mass is 414 g/mol. The highest BCUT2D eigenvalue weighted by Gasteiger charge is 2.12. The fraction of sp³-hybridized carbons (Fsp3) is 0.200. The fourth-order valence-electron chi connectivity index (χ4n) is 2.32. The van der Waals surface area contributed by atoms with Gasteiger partial charge in [0.15, 0.2) is 11.5 Å². The van der Waals surface area contributed by atoms with Gasteiger partial charge in [-0.1, -0.05) is 30.3 Å². The Morgan fingerprint density at radius 3 is 2.73 bits per heavy atom. The lowest BCUT2D eigenvalue weighted by Crippen LogP contribution is -2.26. The van der Waals surface area contributed by atoms with Crippen molar-refractivity contribution in [2.45, 2.75) is 13.3 Å². The second-order valence-corrected chi connectivity index (χ2v) is 6.30. The zero-order chi connectivity index (χ0) is 18.9. The summed E-state index contributed by atoms with van der Waals surface area (Å²) in [6.45, 7) is 2.63. The molecule has 5 nitrogen and oxygen atoms in total. The average Bonchev–Trinajstić information content (AvgIpc) is 2.64. The summed E-state index contributed by atoms with van der Waals surface area (Å²) in [5, 5.41) is 22.0. The van der Waals surface area contributed by atoms with Crippen LogP contribution in [0.4, 0.5) is 0 Å². The smallest absolute Gasteiger partial charge is 0.261 e. The molecule has 0 heterocycles. The normalized spacial score (nSPS) is 10.9. The lowest BCUT2D eigenvalue weighted by molar-refractivity contribution is -0.117. The van der Waals surface area contributed by atoms with E-state index >= 15 is 0 Å². The number of phenols is 1. The minimum atomic E-state index is -0.439. The Morgan fingerprint density at radius 2 is 2.08 bits per heavy atom. The van der Waals surface area contributed by atoms with Crippen LogP contribution >= 0.6 is 15.9 Å². The van der Waals surface area contributed by atoms with Crippen molar-refractivity contribution in [2.75, 3.05) is 13.2 Å². The molecule has 0 saturated carbocycles. The van der Waals surface area contributed by atoms with Crippen molar-refractivity contribution in [3.63, 3.8) is 0 Å². The number of halogens is 1. The van der Waals surface area contributed by atoms with Crippen molar-refractivity contribution in [3.05, 3.63) is 63.6 Å². The number of benzene rings is 2. The van der Waals surface area contributed by atoms with Gasteiger partial charge in [0.2, 0.25) is 0 Å². The van der Waals surface area contributed by atoms with Crippen LogP contribution in [-0.4, -0.2) is 24.2 Å².